The molecular formula is C22H36N6S. The Kier molecular flexibility index (Phi) is 7.35. The molecule has 1 aliphatic heterocycles. The van der Waals surface area contributed by atoms with Crippen LogP contribution in [0.3, 0.4) is 0 Å². The van der Waals surface area contributed by atoms with Gasteiger partial charge in [-0.25, -0.2) is 0 Å². The normalized spacial score (nSPS) is 21.0. The van der Waals surface area contributed by atoms with Crippen molar-refractivity contribution in [2.75, 3.05) is 34.2 Å². The van der Waals surface area contributed by atoms with Crippen molar-refractivity contribution in [3.63, 3.8) is 0 Å². The van der Waals surface area contributed by atoms with Crippen molar-refractivity contribution in [2.24, 2.45) is 18.0 Å². The van der Waals surface area contributed by atoms with Crippen LogP contribution in [0.25, 0.3) is 0 Å². The van der Waals surface area contributed by atoms with Crippen LogP contribution in [-0.2, 0) is 13.6 Å². The van der Waals surface area contributed by atoms with E-state index >= 15 is 0 Å². The van der Waals surface area contributed by atoms with E-state index < -0.39 is 0 Å². The van der Waals surface area contributed by atoms with Gasteiger partial charge in [0.15, 0.2) is 5.96 Å². The van der Waals surface area contributed by atoms with Crippen LogP contribution in [0.1, 0.15) is 54.8 Å². The number of guanidine groups is 1. The monoisotopic (exact) mass is 416 g/mol. The molecule has 3 heterocycles. The van der Waals surface area contributed by atoms with Gasteiger partial charge in [0.05, 0.1) is 5.69 Å². The third-order valence-corrected chi connectivity index (χ3v) is 6.77. The van der Waals surface area contributed by atoms with Gasteiger partial charge >= 0.3 is 0 Å². The van der Waals surface area contributed by atoms with Crippen molar-refractivity contribution in [3.05, 3.63) is 39.8 Å². The maximum Gasteiger partial charge on any atom is 0.193 e. The molecule has 29 heavy (non-hydrogen) atoms. The lowest BCUT2D eigenvalue weighted by Crippen LogP contribution is -2.45. The molecular weight excluding hydrogens is 380 g/mol. The summed E-state index contributed by atoms with van der Waals surface area (Å²) in [7, 11) is 8.23. The van der Waals surface area contributed by atoms with E-state index in [1.807, 2.05) is 30.1 Å². The molecule has 2 atom stereocenters. The molecule has 3 rings (SSSR count). The molecule has 0 spiro atoms. The number of rotatable bonds is 6. The first-order chi connectivity index (χ1) is 13.9. The number of aromatic nitrogens is 2. The lowest BCUT2D eigenvalue weighted by atomic mass is 9.88. The standard InChI is InChI=1S/C22H36N6S/c1-16(2)20-18(15-28(6)25-20)14-27(5)22(23-3)24-13-17-9-7-11-26(4)21(17)19-10-8-12-29-19/h8,10,12,15-17,21H,7,9,11,13-14H2,1-6H3,(H,23,24). The largest absolute Gasteiger partial charge is 0.356 e. The number of nitrogens with one attached hydrogen (secondary N) is 1. The lowest BCUT2D eigenvalue weighted by molar-refractivity contribution is 0.124. The number of hydrogen-bond acceptors (Lipinski definition) is 4. The highest BCUT2D eigenvalue weighted by Crippen LogP contribution is 2.36. The van der Waals surface area contributed by atoms with Gasteiger partial charge in [0.1, 0.15) is 0 Å². The summed E-state index contributed by atoms with van der Waals surface area (Å²) in [6.07, 6.45) is 4.63. The summed E-state index contributed by atoms with van der Waals surface area (Å²) in [5, 5.41) is 10.5. The Balaban J connectivity index is 1.65. The molecule has 1 aliphatic rings. The molecule has 0 radical (unpaired) electrons. The predicted molar refractivity (Wildman–Crippen MR) is 123 cm³/mol. The van der Waals surface area contributed by atoms with Gasteiger partial charge in [-0.2, -0.15) is 5.10 Å². The Morgan fingerprint density at radius 3 is 2.86 bits per heavy atom. The van der Waals surface area contributed by atoms with Gasteiger partial charge in [-0.05, 0) is 49.7 Å². The average molecular weight is 417 g/mol. The summed E-state index contributed by atoms with van der Waals surface area (Å²) in [5.41, 5.74) is 2.43. The number of nitrogens with zero attached hydrogens (tertiary/aromatic N) is 5. The molecule has 1 N–H and O–H groups in total. The van der Waals surface area contributed by atoms with Crippen molar-refractivity contribution in [2.45, 2.75) is 45.2 Å². The summed E-state index contributed by atoms with van der Waals surface area (Å²) >= 11 is 1.87. The number of hydrogen-bond donors (Lipinski definition) is 1. The minimum absolute atomic E-state index is 0.416. The highest BCUT2D eigenvalue weighted by molar-refractivity contribution is 7.10. The first-order valence-corrected chi connectivity index (χ1v) is 11.5. The summed E-state index contributed by atoms with van der Waals surface area (Å²) in [6.45, 7) is 7.31. The highest BCUT2D eigenvalue weighted by atomic mass is 32.1. The van der Waals surface area contributed by atoms with E-state index in [2.05, 4.69) is 76.9 Å². The van der Waals surface area contributed by atoms with Gasteiger partial charge in [0.25, 0.3) is 0 Å². The second kappa shape index (κ2) is 9.76. The van der Waals surface area contributed by atoms with E-state index in [-0.39, 0.29) is 0 Å². The fraction of sp³-hybridized carbons (Fsp3) is 0.636. The number of aryl methyl sites for hydroxylation is 1. The summed E-state index contributed by atoms with van der Waals surface area (Å²) in [5.74, 6) is 1.95. The zero-order valence-corrected chi connectivity index (χ0v) is 19.5. The van der Waals surface area contributed by atoms with Gasteiger partial charge in [-0.15, -0.1) is 11.3 Å². The summed E-state index contributed by atoms with van der Waals surface area (Å²) in [6, 6.07) is 4.94. The second-order valence-electron chi connectivity index (χ2n) is 8.50. The Bertz CT molecular complexity index is 794. The molecule has 0 aromatic carbocycles. The topological polar surface area (TPSA) is 48.7 Å². The molecule has 2 aromatic heterocycles. The quantitative estimate of drug-likeness (QED) is 0.576. The number of aliphatic imine (C=N–C) groups is 1. The van der Waals surface area contributed by atoms with E-state index in [0.29, 0.717) is 17.9 Å². The predicted octanol–water partition coefficient (Wildman–Crippen LogP) is 3.70. The minimum atomic E-state index is 0.416. The van der Waals surface area contributed by atoms with Crippen molar-refractivity contribution in [1.82, 2.24) is 24.9 Å². The molecule has 1 saturated heterocycles. The Labute approximate surface area is 179 Å². The van der Waals surface area contributed by atoms with Crippen LogP contribution in [0.15, 0.2) is 28.7 Å². The van der Waals surface area contributed by atoms with Crippen LogP contribution >= 0.6 is 11.3 Å². The third-order valence-electron chi connectivity index (χ3n) is 5.83. The Hall–Kier alpha value is -1.86. The van der Waals surface area contributed by atoms with Crippen molar-refractivity contribution < 1.29 is 0 Å². The summed E-state index contributed by atoms with van der Waals surface area (Å²) < 4.78 is 1.91. The number of piperidine rings is 1. The molecule has 2 unspecified atom stereocenters. The van der Waals surface area contributed by atoms with Crippen LogP contribution in [0.4, 0.5) is 0 Å². The van der Waals surface area contributed by atoms with Gasteiger partial charge in [-0.1, -0.05) is 19.9 Å². The van der Waals surface area contributed by atoms with Crippen LogP contribution in [0, 0.1) is 5.92 Å². The molecule has 2 aromatic rings. The van der Waals surface area contributed by atoms with Gasteiger partial charge in [0, 0.05) is 56.9 Å². The molecule has 160 valence electrons. The Morgan fingerprint density at radius 2 is 2.21 bits per heavy atom. The summed E-state index contributed by atoms with van der Waals surface area (Å²) in [4.78, 5) is 10.7. The van der Waals surface area contributed by atoms with Crippen molar-refractivity contribution >= 4 is 17.3 Å². The van der Waals surface area contributed by atoms with E-state index in [1.165, 1.54) is 35.5 Å². The molecule has 0 amide bonds. The second-order valence-corrected chi connectivity index (χ2v) is 9.47. The fourth-order valence-electron chi connectivity index (χ4n) is 4.48. The van der Waals surface area contributed by atoms with Crippen molar-refractivity contribution in [3.8, 4) is 0 Å². The molecule has 0 bridgehead atoms. The van der Waals surface area contributed by atoms with Crippen LogP contribution in [-0.4, -0.2) is 59.8 Å². The molecule has 0 saturated carbocycles. The zero-order chi connectivity index (χ0) is 21.0. The van der Waals surface area contributed by atoms with E-state index in [9.17, 15) is 0 Å². The van der Waals surface area contributed by atoms with Crippen molar-refractivity contribution in [1.29, 1.82) is 0 Å². The first-order valence-electron chi connectivity index (χ1n) is 10.6. The molecule has 6 nitrogen and oxygen atoms in total. The molecule has 1 fully saturated rings. The highest BCUT2D eigenvalue weighted by Gasteiger charge is 2.31. The van der Waals surface area contributed by atoms with Crippen LogP contribution in [0.2, 0.25) is 0 Å². The fourth-order valence-corrected chi connectivity index (χ4v) is 5.47. The first kappa shape index (κ1) is 21.8. The SMILES string of the molecule is CN=C(NCC1CCCN(C)C1c1cccs1)N(C)Cc1cn(C)nc1C(C)C. The van der Waals surface area contributed by atoms with E-state index in [4.69, 9.17) is 0 Å². The smallest absolute Gasteiger partial charge is 0.193 e. The van der Waals surface area contributed by atoms with Crippen LogP contribution < -0.4 is 5.32 Å². The maximum atomic E-state index is 4.64. The maximum absolute atomic E-state index is 4.64. The van der Waals surface area contributed by atoms with Gasteiger partial charge in [0.2, 0.25) is 0 Å². The van der Waals surface area contributed by atoms with Gasteiger partial charge < -0.3 is 10.2 Å². The van der Waals surface area contributed by atoms with Crippen LogP contribution in [0.5, 0.6) is 0 Å². The van der Waals surface area contributed by atoms with E-state index in [0.717, 1.165) is 19.0 Å². The zero-order valence-electron chi connectivity index (χ0n) is 18.7. The third kappa shape index (κ3) is 5.20. The number of likely N-dealkylation sites (tertiary alicyclic amines) is 1. The molecule has 7 heteroatoms. The minimum Gasteiger partial charge on any atom is -0.356 e. The lowest BCUT2D eigenvalue weighted by Gasteiger charge is -2.39. The molecule has 0 aliphatic carbocycles. The number of thiophene rings is 1. The Morgan fingerprint density at radius 1 is 1.41 bits per heavy atom. The average Bonchev–Trinajstić information content (AvgIpc) is 3.32. The van der Waals surface area contributed by atoms with Gasteiger partial charge in [-0.3, -0.25) is 14.6 Å². The van der Waals surface area contributed by atoms with E-state index in [1.54, 1.807) is 0 Å².